The summed E-state index contributed by atoms with van der Waals surface area (Å²) in [5.41, 5.74) is 1.84. The van der Waals surface area contributed by atoms with Crippen LogP contribution in [0, 0.1) is 6.07 Å². The standard InChI is InChI=1S/C12H6BrCl2/c13-9-4-1-3-8(7-9)12-10(14)5-2-6-11(12)15/h1,3-7H. The molecule has 0 aliphatic rings. The first-order valence-corrected chi connectivity index (χ1v) is 5.84. The zero-order chi connectivity index (χ0) is 10.8. The lowest BCUT2D eigenvalue weighted by atomic mass is 10.1. The van der Waals surface area contributed by atoms with E-state index in [-0.39, 0.29) is 0 Å². The van der Waals surface area contributed by atoms with Gasteiger partial charge in [-0.1, -0.05) is 51.3 Å². The van der Waals surface area contributed by atoms with Crippen LogP contribution in [0.1, 0.15) is 0 Å². The summed E-state index contributed by atoms with van der Waals surface area (Å²) in [4.78, 5) is 0. The maximum atomic E-state index is 6.09. The van der Waals surface area contributed by atoms with Gasteiger partial charge in [0, 0.05) is 10.0 Å². The maximum absolute atomic E-state index is 6.09. The van der Waals surface area contributed by atoms with Crippen LogP contribution in [0.15, 0.2) is 40.9 Å². The molecule has 0 fully saturated rings. The highest BCUT2D eigenvalue weighted by molar-refractivity contribution is 9.10. The fourth-order valence-corrected chi connectivity index (χ4v) is 2.36. The third kappa shape index (κ3) is 2.36. The summed E-state index contributed by atoms with van der Waals surface area (Å²) < 4.78 is 1.000. The van der Waals surface area contributed by atoms with Crippen LogP contribution >= 0.6 is 39.1 Å². The third-order valence-electron chi connectivity index (χ3n) is 2.01. The van der Waals surface area contributed by atoms with Crippen LogP contribution in [0.5, 0.6) is 0 Å². The Hall–Kier alpha value is -0.500. The minimum atomic E-state index is 0.612. The fourth-order valence-electron chi connectivity index (χ4n) is 1.37. The molecule has 0 amide bonds. The molecule has 0 spiro atoms. The van der Waals surface area contributed by atoms with Gasteiger partial charge < -0.3 is 0 Å². The zero-order valence-electron chi connectivity index (χ0n) is 7.60. The smallest absolute Gasteiger partial charge is 0.0505 e. The summed E-state index contributed by atoms with van der Waals surface area (Å²) in [6.45, 7) is 0. The molecule has 0 aromatic heterocycles. The normalized spacial score (nSPS) is 10.3. The molecule has 2 aromatic carbocycles. The molecular formula is C12H6BrCl2. The van der Waals surface area contributed by atoms with Crippen LogP contribution in [0.2, 0.25) is 10.0 Å². The summed E-state index contributed by atoms with van der Waals surface area (Å²) in [5, 5.41) is 1.22. The van der Waals surface area contributed by atoms with Crippen molar-refractivity contribution in [1.82, 2.24) is 0 Å². The Labute approximate surface area is 107 Å². The van der Waals surface area contributed by atoms with Gasteiger partial charge in [0.05, 0.1) is 10.0 Å². The molecule has 0 bridgehead atoms. The molecular weight excluding hydrogens is 295 g/mol. The second-order valence-corrected chi connectivity index (χ2v) is 4.77. The monoisotopic (exact) mass is 299 g/mol. The van der Waals surface area contributed by atoms with E-state index in [1.807, 2.05) is 24.3 Å². The molecule has 0 atom stereocenters. The first kappa shape index (κ1) is 11.0. The van der Waals surface area contributed by atoms with Crippen molar-refractivity contribution in [3.8, 4) is 11.1 Å². The average Bonchev–Trinajstić information content (AvgIpc) is 2.17. The second-order valence-electron chi connectivity index (χ2n) is 3.04. The predicted molar refractivity (Wildman–Crippen MR) is 68.4 cm³/mol. The van der Waals surface area contributed by atoms with Gasteiger partial charge in [0.25, 0.3) is 0 Å². The summed E-state index contributed by atoms with van der Waals surface area (Å²) in [7, 11) is 0. The van der Waals surface area contributed by atoms with E-state index in [0.717, 1.165) is 15.6 Å². The lowest BCUT2D eigenvalue weighted by Gasteiger charge is -2.06. The Morgan fingerprint density at radius 3 is 2.33 bits per heavy atom. The SMILES string of the molecule is Clc1c[c]cc(Cl)c1-c1cccc(Br)c1. The molecule has 0 N–H and O–H groups in total. The van der Waals surface area contributed by atoms with Gasteiger partial charge in [-0.2, -0.15) is 0 Å². The van der Waals surface area contributed by atoms with E-state index in [4.69, 9.17) is 23.2 Å². The van der Waals surface area contributed by atoms with E-state index in [0.29, 0.717) is 10.0 Å². The van der Waals surface area contributed by atoms with Gasteiger partial charge in [-0.3, -0.25) is 0 Å². The van der Waals surface area contributed by atoms with Crippen LogP contribution < -0.4 is 0 Å². The number of halogens is 3. The molecule has 0 saturated carbocycles. The van der Waals surface area contributed by atoms with Crippen molar-refractivity contribution in [2.45, 2.75) is 0 Å². The summed E-state index contributed by atoms with van der Waals surface area (Å²) in [6.07, 6.45) is 0. The molecule has 1 radical (unpaired) electrons. The van der Waals surface area contributed by atoms with Crippen LogP contribution in [0.4, 0.5) is 0 Å². The van der Waals surface area contributed by atoms with Crippen LogP contribution in [0.25, 0.3) is 11.1 Å². The molecule has 15 heavy (non-hydrogen) atoms. The third-order valence-corrected chi connectivity index (χ3v) is 3.10. The van der Waals surface area contributed by atoms with Gasteiger partial charge in [0.2, 0.25) is 0 Å². The van der Waals surface area contributed by atoms with Gasteiger partial charge in [0.1, 0.15) is 0 Å². The molecule has 0 nitrogen and oxygen atoms in total. The Bertz CT molecular complexity index is 474. The van der Waals surface area contributed by atoms with E-state index in [1.165, 1.54) is 0 Å². The average molecular weight is 301 g/mol. The van der Waals surface area contributed by atoms with E-state index in [1.54, 1.807) is 12.1 Å². The van der Waals surface area contributed by atoms with Crippen molar-refractivity contribution >= 4 is 39.1 Å². The predicted octanol–water partition coefficient (Wildman–Crippen LogP) is 5.22. The largest absolute Gasteiger partial charge is 0.0836 e. The van der Waals surface area contributed by atoms with Crippen molar-refractivity contribution in [3.63, 3.8) is 0 Å². The number of benzene rings is 2. The first-order valence-electron chi connectivity index (χ1n) is 4.29. The van der Waals surface area contributed by atoms with Gasteiger partial charge >= 0.3 is 0 Å². The topological polar surface area (TPSA) is 0 Å². The first-order chi connectivity index (χ1) is 7.18. The molecule has 0 aliphatic carbocycles. The Morgan fingerprint density at radius 2 is 1.73 bits per heavy atom. The van der Waals surface area contributed by atoms with Crippen molar-refractivity contribution in [2.75, 3.05) is 0 Å². The molecule has 2 aromatic rings. The Morgan fingerprint density at radius 1 is 1.07 bits per heavy atom. The number of hydrogen-bond acceptors (Lipinski definition) is 0. The van der Waals surface area contributed by atoms with E-state index < -0.39 is 0 Å². The van der Waals surface area contributed by atoms with Crippen molar-refractivity contribution in [1.29, 1.82) is 0 Å². The van der Waals surface area contributed by atoms with Gasteiger partial charge in [0.15, 0.2) is 0 Å². The second kappa shape index (κ2) is 4.56. The number of hydrogen-bond donors (Lipinski definition) is 0. The molecule has 2 rings (SSSR count). The van der Waals surface area contributed by atoms with Gasteiger partial charge in [-0.05, 0) is 35.9 Å². The lowest BCUT2D eigenvalue weighted by Crippen LogP contribution is -1.81. The molecule has 3 heteroatoms. The molecule has 0 aliphatic heterocycles. The van der Waals surface area contributed by atoms with Gasteiger partial charge in [-0.25, -0.2) is 0 Å². The van der Waals surface area contributed by atoms with Crippen LogP contribution in [-0.2, 0) is 0 Å². The Kier molecular flexibility index (Phi) is 3.35. The zero-order valence-corrected chi connectivity index (χ0v) is 10.7. The maximum Gasteiger partial charge on any atom is 0.0505 e. The fraction of sp³-hybridized carbons (Fsp3) is 0. The van der Waals surface area contributed by atoms with E-state index in [9.17, 15) is 0 Å². The van der Waals surface area contributed by atoms with Crippen LogP contribution in [-0.4, -0.2) is 0 Å². The minimum Gasteiger partial charge on any atom is -0.0836 e. The van der Waals surface area contributed by atoms with Crippen LogP contribution in [0.3, 0.4) is 0 Å². The summed E-state index contributed by atoms with van der Waals surface area (Å²) in [6, 6.07) is 14.2. The van der Waals surface area contributed by atoms with Crippen molar-refractivity contribution in [3.05, 3.63) is 57.0 Å². The number of rotatable bonds is 1. The molecule has 75 valence electrons. The summed E-state index contributed by atoms with van der Waals surface area (Å²) >= 11 is 15.6. The minimum absolute atomic E-state index is 0.612. The summed E-state index contributed by atoms with van der Waals surface area (Å²) in [5.74, 6) is 0. The van der Waals surface area contributed by atoms with E-state index in [2.05, 4.69) is 22.0 Å². The molecule has 0 heterocycles. The van der Waals surface area contributed by atoms with E-state index >= 15 is 0 Å². The van der Waals surface area contributed by atoms with Crippen molar-refractivity contribution in [2.24, 2.45) is 0 Å². The quantitative estimate of drug-likeness (QED) is 0.677. The molecule has 0 unspecified atom stereocenters. The highest BCUT2D eigenvalue weighted by Gasteiger charge is 2.07. The highest BCUT2D eigenvalue weighted by atomic mass is 79.9. The van der Waals surface area contributed by atoms with Crippen molar-refractivity contribution < 1.29 is 0 Å². The van der Waals surface area contributed by atoms with Gasteiger partial charge in [-0.15, -0.1) is 0 Å². The molecule has 0 saturated heterocycles. The highest BCUT2D eigenvalue weighted by Crippen LogP contribution is 2.35. The lowest BCUT2D eigenvalue weighted by molar-refractivity contribution is 1.59. The Balaban J connectivity index is 2.63.